The normalized spacial score (nSPS) is 11.4. The van der Waals surface area contributed by atoms with Crippen LogP contribution in [0.25, 0.3) is 0 Å². The minimum absolute atomic E-state index is 0.0220. The summed E-state index contributed by atoms with van der Waals surface area (Å²) in [5, 5.41) is 0. The van der Waals surface area contributed by atoms with Crippen molar-refractivity contribution >= 4 is 0 Å². The predicted octanol–water partition coefficient (Wildman–Crippen LogP) is 18.0. The first kappa shape index (κ1) is 70.7. The highest BCUT2D eigenvalue weighted by Gasteiger charge is 2.17. The summed E-state index contributed by atoms with van der Waals surface area (Å²) in [7, 11) is 0. The second kappa shape index (κ2) is 33.1. The number of para-hydroxylation sites is 2. The van der Waals surface area contributed by atoms with Gasteiger partial charge < -0.3 is 33.2 Å². The van der Waals surface area contributed by atoms with Gasteiger partial charge in [0.2, 0.25) is 0 Å². The zero-order chi connectivity index (χ0) is 59.3. The van der Waals surface area contributed by atoms with Gasteiger partial charge in [0.25, 0.3) is 5.95 Å². The molecule has 3 heterocycles. The number of ether oxygens (including phenoxy) is 7. The van der Waals surface area contributed by atoms with Crippen LogP contribution in [0, 0.1) is 17.6 Å². The fourth-order valence-electron chi connectivity index (χ4n) is 5.59. The third-order valence-corrected chi connectivity index (χ3v) is 7.49. The van der Waals surface area contributed by atoms with Gasteiger partial charge in [0.05, 0.1) is 24.1 Å². The van der Waals surface area contributed by atoms with Gasteiger partial charge >= 0.3 is 0 Å². The molecule has 3 aromatic carbocycles. The Morgan fingerprint density at radius 3 is 1.08 bits per heavy atom. The van der Waals surface area contributed by atoms with Crippen LogP contribution in [0.4, 0.5) is 13.2 Å². The monoisotopic (exact) mass is 1070 g/mol. The molecule has 77 heavy (non-hydrogen) atoms. The first-order valence-corrected chi connectivity index (χ1v) is 25.9. The Hall–Kier alpha value is -6.34. The van der Waals surface area contributed by atoms with Crippen molar-refractivity contribution in [2.45, 2.75) is 205 Å². The lowest BCUT2D eigenvalue weighted by molar-refractivity contribution is -0.0424. The van der Waals surface area contributed by atoms with E-state index in [1.807, 2.05) is 193 Å². The van der Waals surface area contributed by atoms with Crippen LogP contribution in [0.1, 0.15) is 159 Å². The van der Waals surface area contributed by atoms with Gasteiger partial charge in [-0.05, 0) is 232 Å². The average Bonchev–Trinajstić information content (AvgIpc) is 3.24. The summed E-state index contributed by atoms with van der Waals surface area (Å²) in [4.78, 5) is 11.4. The molecule has 0 aliphatic heterocycles. The molecule has 428 valence electrons. The molecule has 0 saturated heterocycles. The van der Waals surface area contributed by atoms with Gasteiger partial charge in [-0.2, -0.15) is 4.39 Å². The van der Waals surface area contributed by atoms with E-state index in [0.717, 1.165) is 17.2 Å². The van der Waals surface area contributed by atoms with Crippen LogP contribution in [-0.2, 0) is 4.74 Å². The highest BCUT2D eigenvalue weighted by molar-refractivity contribution is 5.25. The van der Waals surface area contributed by atoms with Gasteiger partial charge in [-0.3, -0.25) is 9.97 Å². The number of aromatic nitrogens is 3. The molecule has 3 aromatic heterocycles. The van der Waals surface area contributed by atoms with Crippen LogP contribution in [0.15, 0.2) is 146 Å². The maximum Gasteiger partial charge on any atom is 0.255 e. The fourth-order valence-corrected chi connectivity index (χ4v) is 5.59. The van der Waals surface area contributed by atoms with E-state index < -0.39 is 5.95 Å². The van der Waals surface area contributed by atoms with Gasteiger partial charge in [-0.1, -0.05) is 36.4 Å². The van der Waals surface area contributed by atoms with Crippen LogP contribution >= 0.6 is 0 Å². The Morgan fingerprint density at radius 2 is 0.714 bits per heavy atom. The molecule has 0 bridgehead atoms. The minimum Gasteiger partial charge on any atom is -0.488 e. The van der Waals surface area contributed by atoms with E-state index in [1.54, 1.807) is 67.3 Å². The molecule has 10 nitrogen and oxygen atoms in total. The van der Waals surface area contributed by atoms with Crippen molar-refractivity contribution in [2.75, 3.05) is 0 Å². The number of nitrogens with zero attached hydrogens (tertiary/aromatic N) is 3. The van der Waals surface area contributed by atoms with Crippen molar-refractivity contribution in [3.63, 3.8) is 0 Å². The van der Waals surface area contributed by atoms with Crippen molar-refractivity contribution in [3.8, 4) is 34.5 Å². The summed E-state index contributed by atoms with van der Waals surface area (Å²) in [5.41, 5.74) is -1.35. The highest BCUT2D eigenvalue weighted by Crippen LogP contribution is 2.23. The maximum absolute atomic E-state index is 13.0. The van der Waals surface area contributed by atoms with Gasteiger partial charge in [0.15, 0.2) is 17.3 Å². The van der Waals surface area contributed by atoms with Crippen LogP contribution < -0.4 is 28.4 Å². The van der Waals surface area contributed by atoms with E-state index in [9.17, 15) is 13.2 Å². The van der Waals surface area contributed by atoms with E-state index >= 15 is 0 Å². The number of hydrogen-bond acceptors (Lipinski definition) is 10. The number of pyridine rings is 3. The molecule has 0 aliphatic carbocycles. The summed E-state index contributed by atoms with van der Waals surface area (Å²) >= 11 is 0. The van der Waals surface area contributed by atoms with Crippen molar-refractivity contribution in [3.05, 3.63) is 164 Å². The molecule has 0 radical (unpaired) electrons. The molecule has 0 aliphatic rings. The highest BCUT2D eigenvalue weighted by atomic mass is 19.1. The molecule has 0 N–H and O–H groups in total. The Bertz CT molecular complexity index is 2270. The fraction of sp³-hybridized carbons (Fsp3) is 0.484. The zero-order valence-electron chi connectivity index (χ0n) is 50.8. The Balaban J connectivity index is 0.000000878. The van der Waals surface area contributed by atoms with Crippen molar-refractivity contribution in [1.82, 2.24) is 15.0 Å². The third kappa shape index (κ3) is 44.5. The summed E-state index contributed by atoms with van der Waals surface area (Å²) in [6.07, 6.45) is 8.63. The first-order valence-electron chi connectivity index (χ1n) is 25.9. The molecule has 0 fully saturated rings. The van der Waals surface area contributed by atoms with Gasteiger partial charge in [-0.15, -0.1) is 0 Å². The smallest absolute Gasteiger partial charge is 0.255 e. The lowest BCUT2D eigenvalue weighted by Crippen LogP contribution is -2.23. The summed E-state index contributed by atoms with van der Waals surface area (Å²) in [6.45, 7) is 45.5. The molecule has 0 atom stereocenters. The van der Waals surface area contributed by atoms with Crippen LogP contribution in [0.2, 0.25) is 0 Å². The predicted molar refractivity (Wildman–Crippen MR) is 310 cm³/mol. The van der Waals surface area contributed by atoms with Crippen molar-refractivity contribution in [2.24, 2.45) is 0 Å². The summed E-state index contributed by atoms with van der Waals surface area (Å²) in [6, 6.07) is 33.2. The Morgan fingerprint density at radius 1 is 0.351 bits per heavy atom. The van der Waals surface area contributed by atoms with Crippen LogP contribution in [0.3, 0.4) is 0 Å². The van der Waals surface area contributed by atoms with E-state index in [1.165, 1.54) is 24.4 Å². The topological polar surface area (TPSA) is 103 Å². The number of halogens is 3. The molecule has 6 aromatic rings. The first-order chi connectivity index (χ1) is 35.1. The van der Waals surface area contributed by atoms with E-state index in [-0.39, 0.29) is 56.6 Å². The lowest BCUT2D eigenvalue weighted by Gasteiger charge is -2.22. The van der Waals surface area contributed by atoms with Gasteiger partial charge in [-0.25, -0.2) is 13.8 Å². The Kier molecular flexibility index (Phi) is 30.3. The average molecular weight is 1070 g/mol. The standard InChI is InChI=1S/2C10H13FO.C10H14O.C9H12FNO.2C9H13NO.C7H16O/c1-10(2,3)12-9-6-4-5-8(11)7-9;1-10(2,3)12-9-7-5-4-6-8(9)11;1-10(2,3)11-9-7-5-4-6-8-9;1-9(2,3)12-7-5-4-6-11-8(7)10;2*1-9(2,3)11-8-5-4-6-10-7-8;1-6(2)8-7(3,4)5/h2*4-7H,1-3H3;4-8H,1-3H3;4-6H,1-3H3;2*4-7H,1-3H3;6H,1-5H3. The lowest BCUT2D eigenvalue weighted by atomic mass is 10.2. The van der Waals surface area contributed by atoms with Crippen LogP contribution in [-0.4, -0.2) is 60.3 Å². The molecule has 0 unspecified atom stereocenters. The number of rotatable bonds is 7. The van der Waals surface area contributed by atoms with Crippen molar-refractivity contribution < 1.29 is 46.3 Å². The zero-order valence-corrected chi connectivity index (χ0v) is 50.8. The van der Waals surface area contributed by atoms with Gasteiger partial charge in [0, 0.05) is 24.7 Å². The molecular formula is C64H94F3N3O7. The number of benzene rings is 3. The molecule has 0 amide bonds. The Labute approximate surface area is 462 Å². The second-order valence-electron chi connectivity index (χ2n) is 24.4. The molecule has 0 spiro atoms. The van der Waals surface area contributed by atoms with Crippen LogP contribution in [0.5, 0.6) is 34.5 Å². The number of hydrogen-bond donors (Lipinski definition) is 0. The quantitative estimate of drug-likeness (QED) is 0.144. The van der Waals surface area contributed by atoms with Crippen molar-refractivity contribution in [1.29, 1.82) is 0 Å². The molecule has 0 saturated carbocycles. The SMILES string of the molecule is CC(C)(C)Oc1cccc(F)c1.CC(C)(C)Oc1ccccc1.CC(C)(C)Oc1ccccc1F.CC(C)(C)Oc1cccnc1.CC(C)(C)Oc1cccnc1.CC(C)(C)Oc1cccnc1F.CC(C)OC(C)(C)C. The summed E-state index contributed by atoms with van der Waals surface area (Å²) in [5.74, 6) is 2.51. The maximum atomic E-state index is 13.0. The minimum atomic E-state index is -0.563. The van der Waals surface area contributed by atoms with E-state index in [2.05, 4.69) is 35.7 Å². The molecule has 13 heteroatoms. The second-order valence-corrected chi connectivity index (χ2v) is 24.4. The summed E-state index contributed by atoms with van der Waals surface area (Å²) < 4.78 is 76.8. The van der Waals surface area contributed by atoms with Gasteiger partial charge in [0.1, 0.15) is 62.4 Å². The van der Waals surface area contributed by atoms with E-state index in [0.29, 0.717) is 17.6 Å². The third-order valence-electron chi connectivity index (χ3n) is 7.49. The molecule has 6 rings (SSSR count). The van der Waals surface area contributed by atoms with E-state index in [4.69, 9.17) is 33.2 Å². The molecular weight excluding hydrogens is 980 g/mol. The largest absolute Gasteiger partial charge is 0.488 e.